The van der Waals surface area contributed by atoms with Gasteiger partial charge in [-0.3, -0.25) is 4.79 Å². The molecule has 1 aromatic carbocycles. The second-order valence-corrected chi connectivity index (χ2v) is 5.82. The van der Waals surface area contributed by atoms with E-state index in [4.69, 9.17) is 5.11 Å². The highest BCUT2D eigenvalue weighted by atomic mass is 16.4. The van der Waals surface area contributed by atoms with E-state index in [2.05, 4.69) is 10.6 Å². The zero-order valence-electron chi connectivity index (χ0n) is 12.6. The first-order valence-electron chi connectivity index (χ1n) is 7.54. The molecule has 22 heavy (non-hydrogen) atoms. The van der Waals surface area contributed by atoms with Crippen molar-refractivity contribution in [2.75, 3.05) is 0 Å². The number of carbonyl (C=O) groups excluding carboxylic acids is 1. The van der Waals surface area contributed by atoms with E-state index in [0.29, 0.717) is 25.7 Å². The second kappa shape index (κ2) is 7.15. The second-order valence-electron chi connectivity index (χ2n) is 5.82. The van der Waals surface area contributed by atoms with Gasteiger partial charge in [-0.15, -0.1) is 0 Å². The van der Waals surface area contributed by atoms with Crippen molar-refractivity contribution >= 4 is 12.0 Å². The lowest BCUT2D eigenvalue weighted by molar-refractivity contribution is -0.142. The molecule has 4 N–H and O–H groups in total. The molecule has 1 saturated carbocycles. The van der Waals surface area contributed by atoms with E-state index in [-0.39, 0.29) is 29.8 Å². The van der Waals surface area contributed by atoms with E-state index in [1.165, 1.54) is 0 Å². The van der Waals surface area contributed by atoms with Crippen LogP contribution in [0, 0.1) is 5.92 Å². The molecule has 6 nitrogen and oxygen atoms in total. The Labute approximate surface area is 129 Å². The van der Waals surface area contributed by atoms with Gasteiger partial charge in [0.1, 0.15) is 5.75 Å². The molecule has 2 amide bonds. The van der Waals surface area contributed by atoms with Crippen molar-refractivity contribution in [3.8, 4) is 5.75 Å². The first kappa shape index (κ1) is 16.1. The highest BCUT2D eigenvalue weighted by Crippen LogP contribution is 2.24. The smallest absolute Gasteiger partial charge is 0.315 e. The molecule has 120 valence electrons. The minimum atomic E-state index is -0.750. The number of amides is 2. The van der Waals surface area contributed by atoms with Crippen molar-refractivity contribution in [3.63, 3.8) is 0 Å². The van der Waals surface area contributed by atoms with Crippen LogP contribution in [0.15, 0.2) is 24.3 Å². The highest BCUT2D eigenvalue weighted by molar-refractivity contribution is 5.75. The minimum absolute atomic E-state index is 0.0203. The van der Waals surface area contributed by atoms with Crippen LogP contribution in [0.2, 0.25) is 0 Å². The summed E-state index contributed by atoms with van der Waals surface area (Å²) in [5, 5.41) is 24.1. The van der Waals surface area contributed by atoms with E-state index >= 15 is 0 Å². The summed E-state index contributed by atoms with van der Waals surface area (Å²) in [5.41, 5.74) is 0.824. The molecule has 1 aliphatic carbocycles. The van der Waals surface area contributed by atoms with Crippen molar-refractivity contribution < 1.29 is 19.8 Å². The van der Waals surface area contributed by atoms with Crippen molar-refractivity contribution in [1.29, 1.82) is 0 Å². The van der Waals surface area contributed by atoms with E-state index in [1.807, 2.05) is 13.0 Å². The molecule has 0 spiro atoms. The molecule has 0 aliphatic heterocycles. The molecule has 1 atom stereocenters. The van der Waals surface area contributed by atoms with E-state index < -0.39 is 5.97 Å². The summed E-state index contributed by atoms with van der Waals surface area (Å²) in [5.74, 6) is -0.869. The van der Waals surface area contributed by atoms with Gasteiger partial charge in [-0.1, -0.05) is 12.1 Å². The first-order chi connectivity index (χ1) is 10.5. The monoisotopic (exact) mass is 306 g/mol. The standard InChI is InChI=1S/C16H22N2O4/c1-10(12-3-2-4-14(19)9-12)17-16(22)18-13-7-5-11(6-8-13)15(20)21/h2-4,9-11,13,19H,5-8H2,1H3,(H,20,21)(H2,17,18,22). The van der Waals surface area contributed by atoms with Crippen LogP contribution in [0.4, 0.5) is 4.79 Å². The molecule has 1 fully saturated rings. The fourth-order valence-electron chi connectivity index (χ4n) is 2.79. The average molecular weight is 306 g/mol. The number of rotatable bonds is 4. The molecule has 0 saturated heterocycles. The maximum atomic E-state index is 12.0. The molecule has 0 heterocycles. The predicted octanol–water partition coefficient (Wildman–Crippen LogP) is 2.40. The fraction of sp³-hybridized carbons (Fsp3) is 0.500. The number of benzene rings is 1. The van der Waals surface area contributed by atoms with Crippen molar-refractivity contribution in [2.24, 2.45) is 5.92 Å². The first-order valence-corrected chi connectivity index (χ1v) is 7.54. The summed E-state index contributed by atoms with van der Waals surface area (Å²) in [6.07, 6.45) is 2.57. The van der Waals surface area contributed by atoms with Crippen molar-refractivity contribution in [1.82, 2.24) is 10.6 Å². The highest BCUT2D eigenvalue weighted by Gasteiger charge is 2.26. The third-order valence-corrected chi connectivity index (χ3v) is 4.13. The number of nitrogens with one attached hydrogen (secondary N) is 2. The Hall–Kier alpha value is -2.24. The van der Waals surface area contributed by atoms with E-state index in [1.54, 1.807) is 18.2 Å². The average Bonchev–Trinajstić information content (AvgIpc) is 2.47. The molecule has 0 bridgehead atoms. The normalized spacial score (nSPS) is 22.6. The van der Waals surface area contributed by atoms with Gasteiger partial charge in [0, 0.05) is 6.04 Å². The molecular formula is C16H22N2O4. The van der Waals surface area contributed by atoms with Crippen LogP contribution < -0.4 is 10.6 Å². The fourth-order valence-corrected chi connectivity index (χ4v) is 2.79. The van der Waals surface area contributed by atoms with Crippen molar-refractivity contribution in [3.05, 3.63) is 29.8 Å². The van der Waals surface area contributed by atoms with Crippen LogP contribution in [0.25, 0.3) is 0 Å². The molecule has 0 aromatic heterocycles. The zero-order valence-corrected chi connectivity index (χ0v) is 12.6. The number of phenols is 1. The Balaban J connectivity index is 1.80. The number of hydrogen-bond acceptors (Lipinski definition) is 3. The van der Waals surface area contributed by atoms with Crippen LogP contribution in [0.3, 0.4) is 0 Å². The van der Waals surface area contributed by atoms with Crippen LogP contribution >= 0.6 is 0 Å². The van der Waals surface area contributed by atoms with Gasteiger partial charge in [0.05, 0.1) is 12.0 Å². The number of urea groups is 1. The molecule has 1 unspecified atom stereocenters. The largest absolute Gasteiger partial charge is 0.508 e. The molecule has 2 rings (SSSR count). The van der Waals surface area contributed by atoms with Crippen LogP contribution in [0.1, 0.15) is 44.2 Å². The SMILES string of the molecule is CC(NC(=O)NC1CCC(C(=O)O)CC1)c1cccc(O)c1. The van der Waals surface area contributed by atoms with Gasteiger partial charge in [0.25, 0.3) is 0 Å². The summed E-state index contributed by atoms with van der Waals surface area (Å²) in [6, 6.07) is 6.29. The number of phenolic OH excluding ortho intramolecular Hbond substituents is 1. The number of carboxylic acids is 1. The summed E-state index contributed by atoms with van der Waals surface area (Å²) in [6.45, 7) is 1.84. The number of carbonyl (C=O) groups is 2. The zero-order chi connectivity index (χ0) is 16.1. The Morgan fingerprint density at radius 1 is 1.23 bits per heavy atom. The Morgan fingerprint density at radius 3 is 2.50 bits per heavy atom. The maximum absolute atomic E-state index is 12.0. The lowest BCUT2D eigenvalue weighted by atomic mass is 9.86. The third kappa shape index (κ3) is 4.38. The molecule has 6 heteroatoms. The van der Waals surface area contributed by atoms with Gasteiger partial charge in [0.2, 0.25) is 0 Å². The summed E-state index contributed by atoms with van der Waals surface area (Å²) in [4.78, 5) is 22.9. The van der Waals surface area contributed by atoms with Gasteiger partial charge >= 0.3 is 12.0 Å². The maximum Gasteiger partial charge on any atom is 0.315 e. The Kier molecular flexibility index (Phi) is 5.25. The summed E-state index contributed by atoms with van der Waals surface area (Å²) >= 11 is 0. The molecule has 1 aliphatic rings. The number of carboxylic acid groups (broad SMARTS) is 1. The molecular weight excluding hydrogens is 284 g/mol. The van der Waals surface area contributed by atoms with E-state index in [9.17, 15) is 14.7 Å². The molecule has 1 aromatic rings. The Morgan fingerprint density at radius 2 is 1.91 bits per heavy atom. The lowest BCUT2D eigenvalue weighted by Crippen LogP contribution is -2.44. The summed E-state index contributed by atoms with van der Waals surface area (Å²) in [7, 11) is 0. The van der Waals surface area contributed by atoms with Gasteiger partial charge in [-0.05, 0) is 50.3 Å². The van der Waals surface area contributed by atoms with Gasteiger partial charge in [0.15, 0.2) is 0 Å². The van der Waals surface area contributed by atoms with Gasteiger partial charge < -0.3 is 20.8 Å². The summed E-state index contributed by atoms with van der Waals surface area (Å²) < 4.78 is 0. The van der Waals surface area contributed by atoms with Gasteiger partial charge in [-0.2, -0.15) is 0 Å². The quantitative estimate of drug-likeness (QED) is 0.686. The molecule has 0 radical (unpaired) electrons. The van der Waals surface area contributed by atoms with E-state index in [0.717, 1.165) is 5.56 Å². The third-order valence-electron chi connectivity index (χ3n) is 4.13. The number of hydrogen-bond donors (Lipinski definition) is 4. The van der Waals surface area contributed by atoms with Crippen molar-refractivity contribution in [2.45, 2.75) is 44.7 Å². The van der Waals surface area contributed by atoms with Gasteiger partial charge in [-0.25, -0.2) is 4.79 Å². The number of aliphatic carboxylic acids is 1. The minimum Gasteiger partial charge on any atom is -0.508 e. The van der Waals surface area contributed by atoms with Crippen LogP contribution in [-0.4, -0.2) is 28.3 Å². The van der Waals surface area contributed by atoms with Crippen LogP contribution in [-0.2, 0) is 4.79 Å². The number of aromatic hydroxyl groups is 1. The predicted molar refractivity (Wildman–Crippen MR) is 81.6 cm³/mol. The van der Waals surface area contributed by atoms with Crippen LogP contribution in [0.5, 0.6) is 5.75 Å². The topological polar surface area (TPSA) is 98.7 Å². The lowest BCUT2D eigenvalue weighted by Gasteiger charge is -2.27. The Bertz CT molecular complexity index is 539.